The van der Waals surface area contributed by atoms with E-state index < -0.39 is 10.0 Å². The molecule has 1 aromatic carbocycles. The average Bonchev–Trinajstić information content (AvgIpc) is 2.83. The van der Waals surface area contributed by atoms with Gasteiger partial charge in [-0.3, -0.25) is 0 Å². The molecule has 1 aliphatic rings. The first-order valence-electron chi connectivity index (χ1n) is 6.76. The lowest BCUT2D eigenvalue weighted by molar-refractivity contribution is 0.349. The zero-order chi connectivity index (χ0) is 15.0. The quantitative estimate of drug-likeness (QED) is 0.904. The molecule has 0 bridgehead atoms. The predicted molar refractivity (Wildman–Crippen MR) is 81.3 cm³/mol. The fraction of sp³-hybridized carbons (Fsp3) is 0.571. The molecule has 20 heavy (non-hydrogen) atoms. The molecule has 0 aliphatic carbocycles. The van der Waals surface area contributed by atoms with Gasteiger partial charge in [-0.2, -0.15) is 4.31 Å². The summed E-state index contributed by atoms with van der Waals surface area (Å²) in [6, 6.07) is 7.04. The summed E-state index contributed by atoms with van der Waals surface area (Å²) in [5, 5.41) is 0. The van der Waals surface area contributed by atoms with Crippen LogP contribution in [0.4, 0.5) is 5.69 Å². The molecule has 1 aliphatic heterocycles. The molecule has 6 heteroatoms. The van der Waals surface area contributed by atoms with Crippen LogP contribution < -0.4 is 10.6 Å². The van der Waals surface area contributed by atoms with Gasteiger partial charge in [-0.05, 0) is 36.6 Å². The number of hydrogen-bond donors (Lipinski definition) is 1. The highest BCUT2D eigenvalue weighted by Crippen LogP contribution is 2.33. The lowest BCUT2D eigenvalue weighted by Crippen LogP contribution is -2.34. The number of anilines is 1. The van der Waals surface area contributed by atoms with Crippen molar-refractivity contribution in [2.45, 2.75) is 18.2 Å². The Balaban J connectivity index is 2.30. The lowest BCUT2D eigenvalue weighted by atomic mass is 9.90. The Morgan fingerprint density at radius 3 is 2.65 bits per heavy atom. The van der Waals surface area contributed by atoms with Crippen molar-refractivity contribution in [1.29, 1.82) is 0 Å². The van der Waals surface area contributed by atoms with Crippen LogP contribution in [0, 0.1) is 5.41 Å². The van der Waals surface area contributed by atoms with Crippen molar-refractivity contribution in [3.05, 3.63) is 24.3 Å². The van der Waals surface area contributed by atoms with E-state index >= 15 is 0 Å². The Morgan fingerprint density at radius 1 is 1.40 bits per heavy atom. The normalized spacial score (nSPS) is 24.0. The highest BCUT2D eigenvalue weighted by Gasteiger charge is 2.38. The average molecular weight is 297 g/mol. The van der Waals surface area contributed by atoms with Gasteiger partial charge in [0, 0.05) is 32.9 Å². The summed E-state index contributed by atoms with van der Waals surface area (Å²) in [5.74, 6) is 0. The van der Waals surface area contributed by atoms with E-state index in [1.807, 2.05) is 32.0 Å². The van der Waals surface area contributed by atoms with Gasteiger partial charge in [-0.15, -0.1) is 0 Å². The van der Waals surface area contributed by atoms with Gasteiger partial charge in [0.25, 0.3) is 0 Å². The number of benzene rings is 1. The summed E-state index contributed by atoms with van der Waals surface area (Å²) in [7, 11) is 0.367. The number of nitrogens with zero attached hydrogens (tertiary/aromatic N) is 2. The van der Waals surface area contributed by atoms with Gasteiger partial charge >= 0.3 is 0 Å². The topological polar surface area (TPSA) is 66.6 Å². The molecule has 0 amide bonds. The molecule has 0 radical (unpaired) electrons. The van der Waals surface area contributed by atoms with Crippen molar-refractivity contribution in [2.24, 2.45) is 11.1 Å². The molecule has 1 fully saturated rings. The van der Waals surface area contributed by atoms with Crippen molar-refractivity contribution in [3.63, 3.8) is 0 Å². The van der Waals surface area contributed by atoms with E-state index in [1.54, 1.807) is 22.5 Å². The number of nitrogens with two attached hydrogens (primary N) is 1. The maximum Gasteiger partial charge on any atom is 0.243 e. The van der Waals surface area contributed by atoms with E-state index in [9.17, 15) is 8.42 Å². The van der Waals surface area contributed by atoms with Crippen molar-refractivity contribution >= 4 is 15.7 Å². The van der Waals surface area contributed by atoms with Gasteiger partial charge in [-0.1, -0.05) is 13.0 Å². The SMILES string of the molecule is CN(C)c1cccc(S(=O)(=O)N2CCC(C)(CN)C2)c1. The number of rotatable bonds is 4. The molecule has 1 unspecified atom stereocenters. The molecule has 0 spiro atoms. The standard InChI is InChI=1S/C14H23N3O2S/c1-14(10-15)7-8-17(11-14)20(18,19)13-6-4-5-12(9-13)16(2)3/h4-6,9H,7-8,10-11,15H2,1-3H3. The highest BCUT2D eigenvalue weighted by molar-refractivity contribution is 7.89. The van der Waals surface area contributed by atoms with Gasteiger partial charge in [-0.25, -0.2) is 8.42 Å². The van der Waals surface area contributed by atoms with Crippen LogP contribution in [0.1, 0.15) is 13.3 Å². The van der Waals surface area contributed by atoms with E-state index in [2.05, 4.69) is 0 Å². The molecule has 1 saturated heterocycles. The minimum Gasteiger partial charge on any atom is -0.378 e. The van der Waals surface area contributed by atoms with E-state index in [0.29, 0.717) is 24.5 Å². The molecule has 0 aromatic heterocycles. The first-order valence-corrected chi connectivity index (χ1v) is 8.20. The third kappa shape index (κ3) is 2.82. The fourth-order valence-electron chi connectivity index (χ4n) is 2.42. The Hall–Kier alpha value is -1.11. The van der Waals surface area contributed by atoms with Crippen molar-refractivity contribution in [2.75, 3.05) is 38.6 Å². The molecule has 1 atom stereocenters. The molecule has 0 saturated carbocycles. The lowest BCUT2D eigenvalue weighted by Gasteiger charge is -2.23. The Morgan fingerprint density at radius 2 is 2.10 bits per heavy atom. The third-order valence-electron chi connectivity index (χ3n) is 3.99. The van der Waals surface area contributed by atoms with Crippen LogP contribution in [0.25, 0.3) is 0 Å². The minimum atomic E-state index is -3.42. The molecule has 2 N–H and O–H groups in total. The van der Waals surface area contributed by atoms with Crippen molar-refractivity contribution in [3.8, 4) is 0 Å². The fourth-order valence-corrected chi connectivity index (χ4v) is 4.05. The molecular formula is C14H23N3O2S. The molecule has 2 rings (SSSR count). The summed E-state index contributed by atoms with van der Waals surface area (Å²) >= 11 is 0. The zero-order valence-electron chi connectivity index (χ0n) is 12.3. The molecular weight excluding hydrogens is 274 g/mol. The van der Waals surface area contributed by atoms with Gasteiger partial charge in [0.1, 0.15) is 0 Å². The predicted octanol–water partition coefficient (Wildman–Crippen LogP) is 1.11. The zero-order valence-corrected chi connectivity index (χ0v) is 13.2. The van der Waals surface area contributed by atoms with Gasteiger partial charge < -0.3 is 10.6 Å². The van der Waals surface area contributed by atoms with E-state index in [0.717, 1.165) is 12.1 Å². The molecule has 1 aromatic rings. The third-order valence-corrected chi connectivity index (χ3v) is 5.83. The second-order valence-electron chi connectivity index (χ2n) is 6.00. The van der Waals surface area contributed by atoms with Gasteiger partial charge in [0.2, 0.25) is 10.0 Å². The molecule has 1 heterocycles. The van der Waals surface area contributed by atoms with Crippen LogP contribution in [-0.4, -0.2) is 46.5 Å². The second kappa shape index (κ2) is 5.35. The summed E-state index contributed by atoms with van der Waals surface area (Å²) in [4.78, 5) is 2.25. The van der Waals surface area contributed by atoms with Crippen LogP contribution in [-0.2, 0) is 10.0 Å². The summed E-state index contributed by atoms with van der Waals surface area (Å²) in [5.41, 5.74) is 6.52. The van der Waals surface area contributed by atoms with Crippen LogP contribution in [0.5, 0.6) is 0 Å². The van der Waals surface area contributed by atoms with Crippen LogP contribution in [0.15, 0.2) is 29.2 Å². The Labute approximate surface area is 121 Å². The molecule has 112 valence electrons. The number of sulfonamides is 1. The van der Waals surface area contributed by atoms with Crippen LogP contribution in [0.3, 0.4) is 0 Å². The summed E-state index contributed by atoms with van der Waals surface area (Å²) in [6.45, 7) is 3.59. The second-order valence-corrected chi connectivity index (χ2v) is 7.93. The summed E-state index contributed by atoms with van der Waals surface area (Å²) in [6.07, 6.45) is 0.816. The smallest absolute Gasteiger partial charge is 0.243 e. The van der Waals surface area contributed by atoms with E-state index in [-0.39, 0.29) is 5.41 Å². The number of hydrogen-bond acceptors (Lipinski definition) is 4. The monoisotopic (exact) mass is 297 g/mol. The van der Waals surface area contributed by atoms with Crippen LogP contribution in [0.2, 0.25) is 0 Å². The van der Waals surface area contributed by atoms with Crippen molar-refractivity contribution in [1.82, 2.24) is 4.31 Å². The first-order chi connectivity index (χ1) is 9.28. The first kappa shape index (κ1) is 15.3. The van der Waals surface area contributed by atoms with E-state index in [4.69, 9.17) is 5.73 Å². The van der Waals surface area contributed by atoms with Gasteiger partial charge in [0.05, 0.1) is 4.90 Å². The minimum absolute atomic E-state index is 0.105. The largest absolute Gasteiger partial charge is 0.378 e. The maximum absolute atomic E-state index is 12.7. The highest BCUT2D eigenvalue weighted by atomic mass is 32.2. The molecule has 5 nitrogen and oxygen atoms in total. The van der Waals surface area contributed by atoms with Crippen molar-refractivity contribution < 1.29 is 8.42 Å². The van der Waals surface area contributed by atoms with E-state index in [1.165, 1.54) is 0 Å². The van der Waals surface area contributed by atoms with Crippen LogP contribution >= 0.6 is 0 Å². The summed E-state index contributed by atoms with van der Waals surface area (Å²) < 4.78 is 26.9. The Kier molecular flexibility index (Phi) is 4.09. The van der Waals surface area contributed by atoms with Gasteiger partial charge in [0.15, 0.2) is 0 Å². The Bertz CT molecular complexity index is 586. The maximum atomic E-state index is 12.7.